The quantitative estimate of drug-likeness (QED) is 0.169. The van der Waals surface area contributed by atoms with Gasteiger partial charge in [0.25, 0.3) is 0 Å². The molecule has 11 rings (SSSR count). The number of benzene rings is 7. The first-order chi connectivity index (χ1) is 28.0. The molecule has 3 heteroatoms. The Kier molecular flexibility index (Phi) is 7.79. The highest BCUT2D eigenvalue weighted by molar-refractivity contribution is 6.10. The van der Waals surface area contributed by atoms with Crippen molar-refractivity contribution in [1.82, 2.24) is 0 Å². The molecule has 1 aliphatic heterocycles. The predicted octanol–water partition coefficient (Wildman–Crippen LogP) is 13.8. The van der Waals surface area contributed by atoms with Crippen LogP contribution in [0.25, 0.3) is 33.2 Å². The molecular formula is C54H43N3. The van der Waals surface area contributed by atoms with Crippen LogP contribution in [0.4, 0.5) is 28.4 Å². The van der Waals surface area contributed by atoms with E-state index < -0.39 is 0 Å². The molecule has 7 aromatic carbocycles. The Morgan fingerprint density at radius 1 is 0.596 bits per heavy atom. The van der Waals surface area contributed by atoms with Gasteiger partial charge in [-0.3, -0.25) is 4.99 Å². The molecule has 3 nitrogen and oxygen atoms in total. The first kappa shape index (κ1) is 33.6. The zero-order valence-corrected chi connectivity index (χ0v) is 32.3. The van der Waals surface area contributed by atoms with E-state index >= 15 is 0 Å². The van der Waals surface area contributed by atoms with Crippen LogP contribution in [0.15, 0.2) is 192 Å². The van der Waals surface area contributed by atoms with Gasteiger partial charge in [-0.2, -0.15) is 0 Å². The molecule has 0 bridgehead atoms. The van der Waals surface area contributed by atoms with Gasteiger partial charge in [0.15, 0.2) is 0 Å². The molecule has 0 saturated heterocycles. The zero-order valence-electron chi connectivity index (χ0n) is 32.3. The number of hydrogen-bond donors (Lipinski definition) is 0. The molecule has 274 valence electrons. The van der Waals surface area contributed by atoms with E-state index in [9.17, 15) is 0 Å². The summed E-state index contributed by atoms with van der Waals surface area (Å²) in [5.41, 5.74) is 14.8. The van der Waals surface area contributed by atoms with Crippen LogP contribution in [0.2, 0.25) is 0 Å². The first-order valence-corrected chi connectivity index (χ1v) is 20.3. The molecule has 57 heavy (non-hydrogen) atoms. The van der Waals surface area contributed by atoms with Crippen molar-refractivity contribution in [3.8, 4) is 0 Å². The first-order valence-electron chi connectivity index (χ1n) is 20.3. The summed E-state index contributed by atoms with van der Waals surface area (Å²) in [6, 6.07) is 55.4. The maximum Gasteiger partial charge on any atom is 0.0788 e. The van der Waals surface area contributed by atoms with E-state index in [2.05, 4.69) is 212 Å². The Labute approximate surface area is 334 Å². The van der Waals surface area contributed by atoms with Crippen molar-refractivity contribution in [2.75, 3.05) is 9.80 Å². The van der Waals surface area contributed by atoms with Crippen molar-refractivity contribution >= 4 is 67.8 Å². The van der Waals surface area contributed by atoms with Crippen molar-refractivity contribution in [3.63, 3.8) is 0 Å². The van der Waals surface area contributed by atoms with Crippen LogP contribution in [-0.4, -0.2) is 12.3 Å². The van der Waals surface area contributed by atoms with Crippen LogP contribution in [0.1, 0.15) is 42.5 Å². The van der Waals surface area contributed by atoms with E-state index in [0.717, 1.165) is 35.6 Å². The normalized spacial score (nSPS) is 18.5. The van der Waals surface area contributed by atoms with Crippen LogP contribution in [-0.2, 0) is 11.8 Å². The summed E-state index contributed by atoms with van der Waals surface area (Å²) in [4.78, 5) is 10.2. The topological polar surface area (TPSA) is 18.8 Å². The van der Waals surface area contributed by atoms with E-state index in [1.54, 1.807) is 0 Å². The second-order valence-electron chi connectivity index (χ2n) is 16.3. The van der Waals surface area contributed by atoms with Gasteiger partial charge in [0.2, 0.25) is 0 Å². The van der Waals surface area contributed by atoms with E-state index in [-0.39, 0.29) is 17.4 Å². The molecule has 0 radical (unpaired) electrons. The number of aliphatic imine (C=N–C) groups is 1. The number of para-hydroxylation sites is 2. The van der Waals surface area contributed by atoms with Gasteiger partial charge >= 0.3 is 0 Å². The van der Waals surface area contributed by atoms with Crippen LogP contribution < -0.4 is 9.80 Å². The molecule has 0 amide bonds. The lowest BCUT2D eigenvalue weighted by molar-refractivity contribution is 0.620. The monoisotopic (exact) mass is 733 g/mol. The second kappa shape index (κ2) is 13.2. The number of hydrogen-bond acceptors (Lipinski definition) is 3. The summed E-state index contributed by atoms with van der Waals surface area (Å²) in [6.45, 7) is 4.83. The Bertz CT molecular complexity index is 2890. The smallest absolute Gasteiger partial charge is 0.0788 e. The van der Waals surface area contributed by atoms with Crippen LogP contribution in [0.5, 0.6) is 0 Å². The molecule has 0 aromatic heterocycles. The van der Waals surface area contributed by atoms with E-state index in [1.165, 1.54) is 66.3 Å². The number of fused-ring (bicyclic) bond motifs is 8. The van der Waals surface area contributed by atoms with Gasteiger partial charge in [-0.15, -0.1) is 0 Å². The van der Waals surface area contributed by atoms with E-state index in [0.29, 0.717) is 0 Å². The summed E-state index contributed by atoms with van der Waals surface area (Å²) < 4.78 is 0. The third-order valence-corrected chi connectivity index (χ3v) is 12.5. The van der Waals surface area contributed by atoms with Crippen LogP contribution >= 0.6 is 0 Å². The Hall–Kier alpha value is -6.71. The Balaban J connectivity index is 1.04. The third-order valence-electron chi connectivity index (χ3n) is 12.5. The highest BCUT2D eigenvalue weighted by atomic mass is 15.2. The summed E-state index contributed by atoms with van der Waals surface area (Å²) >= 11 is 0. The van der Waals surface area contributed by atoms with Gasteiger partial charge < -0.3 is 9.80 Å². The molecule has 7 aromatic rings. The molecule has 0 fully saturated rings. The van der Waals surface area contributed by atoms with Gasteiger partial charge in [0.1, 0.15) is 0 Å². The fourth-order valence-electron chi connectivity index (χ4n) is 9.71. The number of allylic oxidation sites excluding steroid dienone is 4. The lowest BCUT2D eigenvalue weighted by atomic mass is 9.76. The van der Waals surface area contributed by atoms with Crippen molar-refractivity contribution in [2.45, 2.75) is 38.1 Å². The fourth-order valence-corrected chi connectivity index (χ4v) is 9.71. The Morgan fingerprint density at radius 2 is 1.28 bits per heavy atom. The average molecular weight is 734 g/mol. The minimum absolute atomic E-state index is 0.0206. The van der Waals surface area contributed by atoms with Gasteiger partial charge in [0, 0.05) is 45.7 Å². The summed E-state index contributed by atoms with van der Waals surface area (Å²) in [5.74, 6) is 0.125. The molecule has 0 spiro atoms. The van der Waals surface area contributed by atoms with Crippen molar-refractivity contribution in [2.24, 2.45) is 10.9 Å². The van der Waals surface area contributed by atoms with Crippen molar-refractivity contribution in [3.05, 3.63) is 209 Å². The standard InChI is InChI=1S/C54H43N3/c1-54(2)49-32-40-31-45(56(41-19-5-3-6-20-41)43-27-25-36-15-9-11-17-38(36)29-43)35-55-51(40)33-48(49)53-47-24-14-13-23-46(47)52(34-50(53)54)57(42-21-7-4-8-22-42)44-28-26-37-16-10-12-18-39(37)30-44/h3-11,13-17,19-35,40,51H,12,18H2,1-2H3. The summed E-state index contributed by atoms with van der Waals surface area (Å²) in [5, 5.41) is 5.00. The second-order valence-corrected chi connectivity index (χ2v) is 16.3. The SMILES string of the molecule is CC1(C)C2=CC3C=C(N(c4ccccc4)c4ccc5ccccc5c4)C=NC3C=C2c2c1cc(N(c1ccccc1)c1ccc3c(c1)CCC=C3)c1ccccc21. The molecular weight excluding hydrogens is 691 g/mol. The molecule has 0 N–H and O–H groups in total. The minimum Gasteiger partial charge on any atom is -0.310 e. The lowest BCUT2D eigenvalue weighted by Gasteiger charge is -2.33. The summed E-state index contributed by atoms with van der Waals surface area (Å²) in [7, 11) is 0. The number of dihydropyridines is 1. The zero-order chi connectivity index (χ0) is 38.1. The van der Waals surface area contributed by atoms with Crippen molar-refractivity contribution < 1.29 is 0 Å². The highest BCUT2D eigenvalue weighted by Gasteiger charge is 2.43. The van der Waals surface area contributed by atoms with E-state index in [1.807, 2.05) is 0 Å². The molecule has 4 aliphatic rings. The van der Waals surface area contributed by atoms with Crippen LogP contribution in [0.3, 0.4) is 0 Å². The molecule has 2 unspecified atom stereocenters. The molecule has 1 heterocycles. The number of anilines is 5. The average Bonchev–Trinajstić information content (AvgIpc) is 3.48. The third kappa shape index (κ3) is 5.52. The van der Waals surface area contributed by atoms with Gasteiger partial charge in [-0.05, 0) is 123 Å². The predicted molar refractivity (Wildman–Crippen MR) is 241 cm³/mol. The van der Waals surface area contributed by atoms with Gasteiger partial charge in [-0.1, -0.05) is 135 Å². The van der Waals surface area contributed by atoms with Crippen LogP contribution in [0, 0.1) is 5.92 Å². The maximum atomic E-state index is 5.32. The van der Waals surface area contributed by atoms with Crippen molar-refractivity contribution in [1.29, 1.82) is 0 Å². The largest absolute Gasteiger partial charge is 0.310 e. The lowest BCUT2D eigenvalue weighted by Crippen LogP contribution is -2.28. The van der Waals surface area contributed by atoms with Gasteiger partial charge in [-0.25, -0.2) is 0 Å². The number of nitrogens with zero attached hydrogens (tertiary/aromatic N) is 3. The number of rotatable bonds is 6. The maximum absolute atomic E-state index is 5.32. The summed E-state index contributed by atoms with van der Waals surface area (Å²) in [6.07, 6.45) is 16.2. The Morgan fingerprint density at radius 3 is 2.09 bits per heavy atom. The fraction of sp³-hybridized carbons (Fsp3) is 0.130. The molecule has 0 saturated carbocycles. The highest BCUT2D eigenvalue weighted by Crippen LogP contribution is 2.57. The molecule has 3 aliphatic carbocycles. The van der Waals surface area contributed by atoms with Gasteiger partial charge in [0.05, 0.1) is 17.4 Å². The minimum atomic E-state index is -0.222. The van der Waals surface area contributed by atoms with E-state index in [4.69, 9.17) is 4.99 Å². The number of aryl methyl sites for hydroxylation is 1. The molecule has 2 atom stereocenters.